The first-order chi connectivity index (χ1) is 17.3. The van der Waals surface area contributed by atoms with E-state index in [9.17, 15) is 9.59 Å². The van der Waals surface area contributed by atoms with Crippen molar-refractivity contribution in [3.8, 4) is 0 Å². The van der Waals surface area contributed by atoms with Crippen molar-refractivity contribution in [2.75, 3.05) is 22.5 Å². The van der Waals surface area contributed by atoms with E-state index >= 15 is 0 Å². The summed E-state index contributed by atoms with van der Waals surface area (Å²) in [5, 5.41) is 0. The van der Waals surface area contributed by atoms with Gasteiger partial charge in [-0.05, 0) is 59.7 Å². The Balaban J connectivity index is -0.000000535. The van der Waals surface area contributed by atoms with Crippen LogP contribution in [0.1, 0.15) is 93.1 Å². The van der Waals surface area contributed by atoms with Crippen LogP contribution in [0.2, 0.25) is 0 Å². The molecule has 0 spiro atoms. The SMILES string of the molecule is CCC.CCCI.CCOC(=O)CCCC(=O)[C@@H](N)CSSC(C)(C)C.CCS(=S)c1ccccc1C. The molecule has 2 atom stereocenters. The summed E-state index contributed by atoms with van der Waals surface area (Å²) < 4.78 is 6.25. The molecule has 0 saturated heterocycles. The van der Waals surface area contributed by atoms with Gasteiger partial charge in [-0.1, -0.05) is 127 Å². The number of nitrogens with two attached hydrogens (primary N) is 1. The van der Waals surface area contributed by atoms with Gasteiger partial charge in [0.05, 0.1) is 12.6 Å². The average molecular weight is 706 g/mol. The zero-order valence-corrected chi connectivity index (χ0v) is 30.0. The van der Waals surface area contributed by atoms with Crippen molar-refractivity contribution in [1.82, 2.24) is 0 Å². The van der Waals surface area contributed by atoms with Crippen molar-refractivity contribution in [1.29, 1.82) is 0 Å². The molecule has 1 aromatic rings. The van der Waals surface area contributed by atoms with Crippen LogP contribution in [-0.4, -0.2) is 45.1 Å². The van der Waals surface area contributed by atoms with Gasteiger partial charge in [-0.15, -0.1) is 0 Å². The van der Waals surface area contributed by atoms with Gasteiger partial charge in [0.25, 0.3) is 0 Å². The maximum absolute atomic E-state index is 11.7. The van der Waals surface area contributed by atoms with E-state index in [0.717, 1.165) is 5.75 Å². The van der Waals surface area contributed by atoms with Crippen molar-refractivity contribution in [2.24, 2.45) is 5.73 Å². The molecule has 1 unspecified atom stereocenters. The van der Waals surface area contributed by atoms with Gasteiger partial charge in [0.15, 0.2) is 0 Å². The number of ether oxygens (including phenoxy) is 1. The molecule has 0 saturated carbocycles. The summed E-state index contributed by atoms with van der Waals surface area (Å²) >= 11 is 7.67. The number of benzene rings is 1. The third-order valence-electron chi connectivity index (χ3n) is 3.87. The molecule has 0 aliphatic rings. The van der Waals surface area contributed by atoms with E-state index in [1.54, 1.807) is 28.5 Å². The number of carbonyl (C=O) groups is 2. The van der Waals surface area contributed by atoms with Gasteiger partial charge in [-0.25, -0.2) is 0 Å². The molecule has 0 amide bonds. The summed E-state index contributed by atoms with van der Waals surface area (Å²) in [5.74, 6) is 1.45. The normalized spacial score (nSPS) is 11.9. The molecule has 0 aliphatic heterocycles. The molecule has 0 fully saturated rings. The van der Waals surface area contributed by atoms with Gasteiger partial charge in [-0.2, -0.15) is 0 Å². The fraction of sp³-hybridized carbons (Fsp3) is 0.714. The molecule has 0 heterocycles. The van der Waals surface area contributed by atoms with Crippen LogP contribution in [0.4, 0.5) is 0 Å². The molecular weight excluding hydrogens is 653 g/mol. The van der Waals surface area contributed by atoms with Gasteiger partial charge < -0.3 is 10.5 Å². The fourth-order valence-corrected chi connectivity index (χ4v) is 6.16. The van der Waals surface area contributed by atoms with Crippen LogP contribution >= 0.6 is 44.2 Å². The Kier molecular flexibility index (Phi) is 31.5. The summed E-state index contributed by atoms with van der Waals surface area (Å²) in [5.41, 5.74) is 7.15. The van der Waals surface area contributed by atoms with E-state index < -0.39 is 6.04 Å². The number of aryl methyl sites for hydroxylation is 1. The minimum Gasteiger partial charge on any atom is -0.466 e. The Morgan fingerprint density at radius 1 is 1.11 bits per heavy atom. The minimum atomic E-state index is -0.443. The number of esters is 1. The lowest BCUT2D eigenvalue weighted by atomic mass is 10.1. The second-order valence-corrected chi connectivity index (χ2v) is 16.2. The molecule has 1 rings (SSSR count). The molecule has 37 heavy (non-hydrogen) atoms. The van der Waals surface area contributed by atoms with Crippen molar-refractivity contribution in [3.05, 3.63) is 29.8 Å². The Labute approximate surface area is 257 Å². The van der Waals surface area contributed by atoms with Crippen molar-refractivity contribution in [2.45, 2.75) is 110 Å². The van der Waals surface area contributed by atoms with Crippen LogP contribution in [-0.2, 0) is 35.0 Å². The fourth-order valence-electron chi connectivity index (χ4n) is 2.17. The van der Waals surface area contributed by atoms with Crippen LogP contribution in [0, 0.1) is 6.92 Å². The smallest absolute Gasteiger partial charge is 0.305 e. The summed E-state index contributed by atoms with van der Waals surface area (Å²) in [4.78, 5) is 24.2. The van der Waals surface area contributed by atoms with E-state index in [4.69, 9.17) is 21.7 Å². The number of hydrogen-bond donors (Lipinski definition) is 1. The van der Waals surface area contributed by atoms with Crippen LogP contribution in [0.15, 0.2) is 29.2 Å². The molecule has 0 bridgehead atoms. The monoisotopic (exact) mass is 705 g/mol. The zero-order chi connectivity index (χ0) is 29.3. The molecule has 0 radical (unpaired) electrons. The number of ketones is 1. The van der Waals surface area contributed by atoms with Gasteiger partial charge in [0, 0.05) is 28.2 Å². The largest absolute Gasteiger partial charge is 0.466 e. The quantitative estimate of drug-likeness (QED) is 0.101. The number of Topliss-reactive ketones (excluding diaryl/α,β-unsaturated/α-hetero) is 1. The lowest BCUT2D eigenvalue weighted by molar-refractivity contribution is -0.143. The predicted octanol–water partition coefficient (Wildman–Crippen LogP) is 8.50. The van der Waals surface area contributed by atoms with E-state index in [-0.39, 0.29) is 32.4 Å². The molecule has 2 N–H and O–H groups in total. The molecule has 9 heteroatoms. The van der Waals surface area contributed by atoms with Crippen LogP contribution in [0.5, 0.6) is 0 Å². The summed E-state index contributed by atoms with van der Waals surface area (Å²) in [7, 11) is 3.38. The molecular formula is C28H52INO3S4. The Morgan fingerprint density at radius 2 is 1.65 bits per heavy atom. The highest BCUT2D eigenvalue weighted by Crippen LogP contribution is 2.35. The first-order valence-electron chi connectivity index (χ1n) is 13.1. The van der Waals surface area contributed by atoms with Crippen LogP contribution in [0.25, 0.3) is 0 Å². The maximum atomic E-state index is 11.7. The highest BCUT2D eigenvalue weighted by molar-refractivity contribution is 14.1. The number of carbonyl (C=O) groups excluding carboxylic acids is 2. The lowest BCUT2D eigenvalue weighted by Crippen LogP contribution is -2.32. The summed E-state index contributed by atoms with van der Waals surface area (Å²) in [6.07, 6.45) is 3.71. The second-order valence-electron chi connectivity index (χ2n) is 9.01. The van der Waals surface area contributed by atoms with Crippen molar-refractivity contribution >= 4 is 76.6 Å². The highest BCUT2D eigenvalue weighted by Gasteiger charge is 2.17. The maximum Gasteiger partial charge on any atom is 0.305 e. The van der Waals surface area contributed by atoms with E-state index in [1.807, 2.05) is 0 Å². The number of halogens is 1. The van der Waals surface area contributed by atoms with Gasteiger partial charge in [0.1, 0.15) is 5.78 Å². The Bertz CT molecular complexity index is 726. The predicted molar refractivity (Wildman–Crippen MR) is 183 cm³/mol. The third-order valence-corrected chi connectivity index (χ3v) is 11.0. The van der Waals surface area contributed by atoms with Gasteiger partial charge in [-0.3, -0.25) is 9.59 Å². The minimum absolute atomic E-state index is 0.0197. The third kappa shape index (κ3) is 29.1. The molecule has 1 aromatic carbocycles. The number of alkyl halides is 1. The summed E-state index contributed by atoms with van der Waals surface area (Å²) in [6.45, 7) is 19.2. The van der Waals surface area contributed by atoms with Crippen LogP contribution in [0.3, 0.4) is 0 Å². The van der Waals surface area contributed by atoms with E-state index in [1.165, 1.54) is 27.7 Å². The lowest BCUT2D eigenvalue weighted by Gasteiger charge is -2.17. The van der Waals surface area contributed by atoms with Gasteiger partial charge >= 0.3 is 5.97 Å². The molecule has 218 valence electrons. The molecule has 0 aliphatic carbocycles. The van der Waals surface area contributed by atoms with E-state index in [0.29, 0.717) is 25.2 Å². The number of rotatable bonds is 12. The molecule has 4 nitrogen and oxygen atoms in total. The first-order valence-corrected chi connectivity index (χ1v) is 19.3. The summed E-state index contributed by atoms with van der Waals surface area (Å²) in [6, 6.07) is 7.93. The van der Waals surface area contributed by atoms with E-state index in [2.05, 4.69) is 102 Å². The van der Waals surface area contributed by atoms with Gasteiger partial charge in [0.2, 0.25) is 0 Å². The standard InChI is InChI=1S/C13H25NO3S2.C9H12S2.C3H7I.C3H8/c1-5-17-12(16)8-6-7-11(15)10(14)9-18-19-13(2,3)4;1-3-11(10)9-7-5-4-6-8(9)2;1-2-3-4;1-3-2/h10H,5-9,14H2,1-4H3;4-7H,3H2,1-2H3;2-3H2,1H3;3H2,1-2H3/t10-;;;/m0.../s1. The molecule has 0 aromatic heterocycles. The first kappa shape index (κ1) is 41.8. The Morgan fingerprint density at radius 3 is 2.08 bits per heavy atom. The topological polar surface area (TPSA) is 69.4 Å². The van der Waals surface area contributed by atoms with Crippen molar-refractivity contribution in [3.63, 3.8) is 0 Å². The zero-order valence-electron chi connectivity index (χ0n) is 24.6. The van der Waals surface area contributed by atoms with Crippen LogP contribution < -0.4 is 5.73 Å². The average Bonchev–Trinajstić information content (AvgIpc) is 2.84. The van der Waals surface area contributed by atoms with Crippen molar-refractivity contribution < 1.29 is 14.3 Å². The highest BCUT2D eigenvalue weighted by atomic mass is 127. The number of hydrogen-bond acceptors (Lipinski definition) is 7. The Hall–Kier alpha value is 0.320. The second kappa shape index (κ2) is 27.9.